The zero-order chi connectivity index (χ0) is 18.7. The van der Waals surface area contributed by atoms with E-state index in [4.69, 9.17) is 5.14 Å². The Balaban J connectivity index is 1.62. The average molecular weight is 375 g/mol. The molecule has 2 aromatic carbocycles. The first-order chi connectivity index (χ1) is 12.3. The number of hydrogen-bond donors (Lipinski definition) is 4. The standard InChI is InChI=1S/C18H21N3O4S/c19-26(24,25)15-8-4-12(5-9-15)11-20-18(23)21-17-3-1-2-13-6-7-14(22)10-16(13)17/h1-5,8-9,14,22H,6-7,10-11H2,(H2,19,24,25)(H2,20,21,23). The molecule has 26 heavy (non-hydrogen) atoms. The number of aryl methyl sites for hydroxylation is 1. The molecule has 0 saturated carbocycles. The number of primary sulfonamides is 1. The third-order valence-corrected chi connectivity index (χ3v) is 5.34. The number of nitrogens with two attached hydrogens (primary N) is 1. The zero-order valence-electron chi connectivity index (χ0n) is 14.1. The third-order valence-electron chi connectivity index (χ3n) is 4.41. The van der Waals surface area contributed by atoms with Crippen LogP contribution in [0.2, 0.25) is 0 Å². The number of amides is 2. The topological polar surface area (TPSA) is 122 Å². The first kappa shape index (κ1) is 18.4. The Morgan fingerprint density at radius 1 is 1.19 bits per heavy atom. The highest BCUT2D eigenvalue weighted by molar-refractivity contribution is 7.89. The Morgan fingerprint density at radius 2 is 1.92 bits per heavy atom. The summed E-state index contributed by atoms with van der Waals surface area (Å²) in [6.07, 6.45) is 1.67. The summed E-state index contributed by atoms with van der Waals surface area (Å²) in [5, 5.41) is 20.5. The summed E-state index contributed by atoms with van der Waals surface area (Å²) in [5.74, 6) is 0. The summed E-state index contributed by atoms with van der Waals surface area (Å²) in [6.45, 7) is 0.244. The predicted octanol–water partition coefficient (Wildman–Crippen LogP) is 1.51. The Morgan fingerprint density at radius 3 is 2.62 bits per heavy atom. The summed E-state index contributed by atoms with van der Waals surface area (Å²) >= 11 is 0. The van der Waals surface area contributed by atoms with Crippen LogP contribution in [0.15, 0.2) is 47.4 Å². The molecule has 0 bridgehead atoms. The van der Waals surface area contributed by atoms with Crippen molar-refractivity contribution in [3.05, 3.63) is 59.2 Å². The van der Waals surface area contributed by atoms with Gasteiger partial charge in [-0.15, -0.1) is 0 Å². The molecule has 8 heteroatoms. The first-order valence-electron chi connectivity index (χ1n) is 8.28. The molecule has 0 aliphatic heterocycles. The lowest BCUT2D eigenvalue weighted by atomic mass is 9.88. The van der Waals surface area contributed by atoms with Gasteiger partial charge in [-0.05, 0) is 47.7 Å². The maximum atomic E-state index is 12.2. The van der Waals surface area contributed by atoms with Crippen LogP contribution in [-0.2, 0) is 29.4 Å². The van der Waals surface area contributed by atoms with Gasteiger partial charge in [-0.25, -0.2) is 18.4 Å². The molecule has 0 saturated heterocycles. The normalized spacial score (nSPS) is 16.6. The molecule has 2 aromatic rings. The van der Waals surface area contributed by atoms with Crippen molar-refractivity contribution < 1.29 is 18.3 Å². The second kappa shape index (κ2) is 7.45. The highest BCUT2D eigenvalue weighted by atomic mass is 32.2. The molecule has 138 valence electrons. The Labute approximate surface area is 152 Å². The van der Waals surface area contributed by atoms with E-state index in [9.17, 15) is 18.3 Å². The van der Waals surface area contributed by atoms with Crippen molar-refractivity contribution in [1.29, 1.82) is 0 Å². The van der Waals surface area contributed by atoms with Gasteiger partial charge in [-0.1, -0.05) is 24.3 Å². The maximum Gasteiger partial charge on any atom is 0.319 e. The van der Waals surface area contributed by atoms with Gasteiger partial charge in [-0.2, -0.15) is 0 Å². The van der Waals surface area contributed by atoms with Crippen molar-refractivity contribution >= 4 is 21.7 Å². The van der Waals surface area contributed by atoms with Crippen LogP contribution in [0.1, 0.15) is 23.1 Å². The molecular weight excluding hydrogens is 354 g/mol. The van der Waals surface area contributed by atoms with Crippen molar-refractivity contribution in [2.45, 2.75) is 36.8 Å². The van der Waals surface area contributed by atoms with Crippen molar-refractivity contribution in [3.63, 3.8) is 0 Å². The fourth-order valence-corrected chi connectivity index (χ4v) is 3.55. The molecule has 2 amide bonds. The molecule has 5 N–H and O–H groups in total. The molecule has 3 rings (SSSR count). The number of urea groups is 1. The minimum atomic E-state index is -3.73. The monoisotopic (exact) mass is 375 g/mol. The number of carbonyl (C=O) groups is 1. The largest absolute Gasteiger partial charge is 0.393 e. The lowest BCUT2D eigenvalue weighted by Gasteiger charge is -2.23. The molecule has 0 spiro atoms. The summed E-state index contributed by atoms with van der Waals surface area (Å²) in [6, 6.07) is 11.3. The summed E-state index contributed by atoms with van der Waals surface area (Å²) in [7, 11) is -3.73. The van der Waals surface area contributed by atoms with Crippen molar-refractivity contribution in [1.82, 2.24) is 5.32 Å². The molecule has 0 heterocycles. The Bertz CT molecular complexity index is 911. The molecular formula is C18H21N3O4S. The number of aliphatic hydroxyl groups is 1. The van der Waals surface area contributed by atoms with Crippen LogP contribution in [0.4, 0.5) is 10.5 Å². The van der Waals surface area contributed by atoms with Crippen molar-refractivity contribution in [3.8, 4) is 0 Å². The quantitative estimate of drug-likeness (QED) is 0.647. The van der Waals surface area contributed by atoms with Gasteiger partial charge in [0.15, 0.2) is 0 Å². The van der Waals surface area contributed by atoms with E-state index in [-0.39, 0.29) is 23.6 Å². The molecule has 7 nitrogen and oxygen atoms in total. The van der Waals surface area contributed by atoms with Crippen LogP contribution < -0.4 is 15.8 Å². The number of nitrogens with one attached hydrogen (secondary N) is 2. The van der Waals surface area contributed by atoms with E-state index in [0.717, 1.165) is 29.5 Å². The summed E-state index contributed by atoms with van der Waals surface area (Å²) < 4.78 is 22.5. The first-order valence-corrected chi connectivity index (χ1v) is 9.83. The predicted molar refractivity (Wildman–Crippen MR) is 98.1 cm³/mol. The van der Waals surface area contributed by atoms with Crippen LogP contribution in [0.25, 0.3) is 0 Å². The number of carbonyl (C=O) groups excluding carboxylic acids is 1. The number of aliphatic hydroxyl groups excluding tert-OH is 1. The van der Waals surface area contributed by atoms with Gasteiger partial charge in [0.05, 0.1) is 11.0 Å². The van der Waals surface area contributed by atoms with Gasteiger partial charge in [0.25, 0.3) is 0 Å². The van der Waals surface area contributed by atoms with Gasteiger partial charge < -0.3 is 15.7 Å². The van der Waals surface area contributed by atoms with E-state index in [0.29, 0.717) is 12.1 Å². The van der Waals surface area contributed by atoms with Crippen molar-refractivity contribution in [2.75, 3.05) is 5.32 Å². The highest BCUT2D eigenvalue weighted by Gasteiger charge is 2.19. The van der Waals surface area contributed by atoms with Crippen LogP contribution in [0, 0.1) is 0 Å². The SMILES string of the molecule is NS(=O)(=O)c1ccc(CNC(=O)Nc2cccc3c2CC(O)CC3)cc1. The number of rotatable bonds is 4. The average Bonchev–Trinajstić information content (AvgIpc) is 2.60. The molecule has 1 unspecified atom stereocenters. The molecule has 1 aliphatic carbocycles. The number of hydrogen-bond acceptors (Lipinski definition) is 4. The summed E-state index contributed by atoms with van der Waals surface area (Å²) in [5.41, 5.74) is 3.56. The second-order valence-corrected chi connectivity index (χ2v) is 7.90. The fourth-order valence-electron chi connectivity index (χ4n) is 3.03. The molecule has 1 aliphatic rings. The number of sulfonamides is 1. The molecule has 0 aromatic heterocycles. The minimum absolute atomic E-state index is 0.0279. The molecule has 1 atom stereocenters. The second-order valence-electron chi connectivity index (χ2n) is 6.34. The number of fused-ring (bicyclic) bond motifs is 1. The maximum absolute atomic E-state index is 12.2. The van der Waals surface area contributed by atoms with E-state index in [1.165, 1.54) is 12.1 Å². The van der Waals surface area contributed by atoms with Crippen LogP contribution in [-0.4, -0.2) is 25.7 Å². The minimum Gasteiger partial charge on any atom is -0.393 e. The fraction of sp³-hybridized carbons (Fsp3) is 0.278. The van der Waals surface area contributed by atoms with Gasteiger partial charge in [0, 0.05) is 18.7 Å². The van der Waals surface area contributed by atoms with Gasteiger partial charge in [0.1, 0.15) is 0 Å². The van der Waals surface area contributed by atoms with Crippen molar-refractivity contribution in [2.24, 2.45) is 5.14 Å². The Kier molecular flexibility index (Phi) is 5.26. The van der Waals surface area contributed by atoms with Crippen LogP contribution in [0.3, 0.4) is 0 Å². The van der Waals surface area contributed by atoms with E-state index in [1.54, 1.807) is 12.1 Å². The zero-order valence-corrected chi connectivity index (χ0v) is 14.9. The van der Waals surface area contributed by atoms with E-state index in [1.807, 2.05) is 18.2 Å². The molecule has 0 fully saturated rings. The van der Waals surface area contributed by atoms with Crippen LogP contribution in [0.5, 0.6) is 0 Å². The van der Waals surface area contributed by atoms with Gasteiger partial charge in [0.2, 0.25) is 10.0 Å². The van der Waals surface area contributed by atoms with E-state index < -0.39 is 10.0 Å². The summed E-state index contributed by atoms with van der Waals surface area (Å²) in [4.78, 5) is 12.2. The third kappa shape index (κ3) is 4.40. The lowest BCUT2D eigenvalue weighted by molar-refractivity contribution is 0.159. The molecule has 0 radical (unpaired) electrons. The smallest absolute Gasteiger partial charge is 0.319 e. The van der Waals surface area contributed by atoms with Gasteiger partial charge in [-0.3, -0.25) is 0 Å². The number of benzene rings is 2. The lowest BCUT2D eigenvalue weighted by Crippen LogP contribution is -2.29. The van der Waals surface area contributed by atoms with E-state index >= 15 is 0 Å². The Hall–Kier alpha value is -2.42. The van der Waals surface area contributed by atoms with Gasteiger partial charge >= 0.3 is 6.03 Å². The number of anilines is 1. The van der Waals surface area contributed by atoms with Crippen LogP contribution >= 0.6 is 0 Å². The van der Waals surface area contributed by atoms with E-state index in [2.05, 4.69) is 10.6 Å². The highest BCUT2D eigenvalue weighted by Crippen LogP contribution is 2.28.